The number of hydrogen-bond donors (Lipinski definition) is 1. The van der Waals surface area contributed by atoms with Gasteiger partial charge in [-0.15, -0.1) is 11.3 Å². The van der Waals surface area contributed by atoms with Gasteiger partial charge in [0.1, 0.15) is 0 Å². The Morgan fingerprint density at radius 1 is 1.04 bits per heavy atom. The predicted octanol–water partition coefficient (Wildman–Crippen LogP) is 4.90. The average Bonchev–Trinajstić information content (AvgIpc) is 3.23. The molecular formula is C20H19NO2S2. The average molecular weight is 370 g/mol. The normalized spacial score (nSPS) is 10.7. The summed E-state index contributed by atoms with van der Waals surface area (Å²) in [6, 6.07) is 9.60. The van der Waals surface area contributed by atoms with E-state index >= 15 is 0 Å². The lowest BCUT2D eigenvalue weighted by Crippen LogP contribution is -2.24. The molecule has 3 nitrogen and oxygen atoms in total. The van der Waals surface area contributed by atoms with Gasteiger partial charge in [-0.1, -0.05) is 17.7 Å². The minimum atomic E-state index is -0.0749. The molecule has 0 aliphatic carbocycles. The first-order valence-corrected chi connectivity index (χ1v) is 9.73. The Balaban J connectivity index is 1.69. The van der Waals surface area contributed by atoms with Crippen LogP contribution in [-0.4, -0.2) is 11.7 Å². The molecule has 0 fully saturated rings. The second-order valence-electron chi connectivity index (χ2n) is 6.06. The summed E-state index contributed by atoms with van der Waals surface area (Å²) in [5, 5.41) is 6.72. The van der Waals surface area contributed by atoms with E-state index in [1.54, 1.807) is 0 Å². The van der Waals surface area contributed by atoms with Crippen LogP contribution in [0.4, 0.5) is 0 Å². The van der Waals surface area contributed by atoms with E-state index in [1.165, 1.54) is 22.7 Å². The zero-order valence-electron chi connectivity index (χ0n) is 14.4. The molecular weight excluding hydrogens is 350 g/mol. The van der Waals surface area contributed by atoms with E-state index in [-0.39, 0.29) is 11.7 Å². The van der Waals surface area contributed by atoms with Crippen LogP contribution in [0.5, 0.6) is 0 Å². The van der Waals surface area contributed by atoms with E-state index in [1.807, 2.05) is 61.9 Å². The number of nitrogens with one attached hydrogen (secondary N) is 1. The van der Waals surface area contributed by atoms with Crippen LogP contribution in [-0.2, 0) is 6.54 Å². The Kier molecular flexibility index (Phi) is 5.16. The highest BCUT2D eigenvalue weighted by atomic mass is 32.1. The monoisotopic (exact) mass is 369 g/mol. The summed E-state index contributed by atoms with van der Waals surface area (Å²) in [5.41, 5.74) is 4.57. The van der Waals surface area contributed by atoms with Crippen LogP contribution in [0.1, 0.15) is 47.2 Å². The number of hydrogen-bond acceptors (Lipinski definition) is 4. The summed E-state index contributed by atoms with van der Waals surface area (Å²) in [4.78, 5) is 26.5. The molecule has 2 aromatic heterocycles. The summed E-state index contributed by atoms with van der Waals surface area (Å²) in [6.45, 7) is 6.36. The second kappa shape index (κ2) is 7.33. The molecule has 0 saturated carbocycles. The highest BCUT2D eigenvalue weighted by Crippen LogP contribution is 2.22. The standard InChI is InChI=1S/C20H19NO2S2/c1-12-8-13(2)18(14(3)9-12)20(23)21-10-16-4-5-17(25-16)19(22)15-6-7-24-11-15/h4-9,11H,10H2,1-3H3,(H,21,23). The molecule has 0 saturated heterocycles. The van der Waals surface area contributed by atoms with E-state index in [0.29, 0.717) is 17.0 Å². The van der Waals surface area contributed by atoms with E-state index in [4.69, 9.17) is 0 Å². The van der Waals surface area contributed by atoms with E-state index in [0.717, 1.165) is 27.1 Å². The number of amides is 1. The molecule has 0 aliphatic heterocycles. The number of carbonyl (C=O) groups is 2. The molecule has 0 radical (unpaired) electrons. The Labute approximate surface area is 155 Å². The maximum Gasteiger partial charge on any atom is 0.252 e. The van der Waals surface area contributed by atoms with Crippen molar-refractivity contribution in [2.75, 3.05) is 0 Å². The van der Waals surface area contributed by atoms with Crippen molar-refractivity contribution in [1.29, 1.82) is 0 Å². The topological polar surface area (TPSA) is 46.2 Å². The van der Waals surface area contributed by atoms with Crippen molar-refractivity contribution in [3.63, 3.8) is 0 Å². The summed E-state index contributed by atoms with van der Waals surface area (Å²) in [5.74, 6) is -0.0387. The van der Waals surface area contributed by atoms with Crippen molar-refractivity contribution in [1.82, 2.24) is 5.32 Å². The second-order valence-corrected chi connectivity index (χ2v) is 8.01. The van der Waals surface area contributed by atoms with E-state index in [9.17, 15) is 9.59 Å². The SMILES string of the molecule is Cc1cc(C)c(C(=O)NCc2ccc(C(=O)c3ccsc3)s2)c(C)c1. The lowest BCUT2D eigenvalue weighted by Gasteiger charge is -2.11. The van der Waals surface area contributed by atoms with E-state index in [2.05, 4.69) is 5.32 Å². The molecule has 3 rings (SSSR count). The van der Waals surface area contributed by atoms with Gasteiger partial charge in [0.25, 0.3) is 5.91 Å². The zero-order chi connectivity index (χ0) is 18.0. The van der Waals surface area contributed by atoms with Gasteiger partial charge in [-0.25, -0.2) is 0 Å². The molecule has 0 spiro atoms. The molecule has 25 heavy (non-hydrogen) atoms. The third kappa shape index (κ3) is 3.89. The number of rotatable bonds is 5. The van der Waals surface area contributed by atoms with E-state index < -0.39 is 0 Å². The lowest BCUT2D eigenvalue weighted by atomic mass is 9.99. The maximum absolute atomic E-state index is 12.5. The fraction of sp³-hybridized carbons (Fsp3) is 0.200. The van der Waals surface area contributed by atoms with Gasteiger partial charge in [0.05, 0.1) is 11.4 Å². The van der Waals surface area contributed by atoms with Crippen LogP contribution in [0.25, 0.3) is 0 Å². The maximum atomic E-state index is 12.5. The number of benzene rings is 1. The number of ketones is 1. The summed E-state index contributed by atoms with van der Waals surface area (Å²) in [7, 11) is 0. The highest BCUT2D eigenvalue weighted by Gasteiger charge is 2.15. The first kappa shape index (κ1) is 17.6. The molecule has 3 aromatic rings. The Morgan fingerprint density at radius 3 is 2.40 bits per heavy atom. The Bertz CT molecular complexity index is 900. The summed E-state index contributed by atoms with van der Waals surface area (Å²) < 4.78 is 0. The van der Waals surface area contributed by atoms with Crippen molar-refractivity contribution in [2.45, 2.75) is 27.3 Å². The Morgan fingerprint density at radius 2 is 1.76 bits per heavy atom. The molecule has 1 N–H and O–H groups in total. The predicted molar refractivity (Wildman–Crippen MR) is 104 cm³/mol. The van der Waals surface area contributed by atoms with Gasteiger partial charge in [0.2, 0.25) is 5.78 Å². The molecule has 0 aliphatic rings. The molecule has 1 amide bonds. The smallest absolute Gasteiger partial charge is 0.252 e. The van der Waals surface area contributed by atoms with Gasteiger partial charge >= 0.3 is 0 Å². The lowest BCUT2D eigenvalue weighted by molar-refractivity contribution is 0.0949. The molecule has 0 atom stereocenters. The Hall–Kier alpha value is -2.24. The van der Waals surface area contributed by atoms with Crippen LogP contribution in [0, 0.1) is 20.8 Å². The van der Waals surface area contributed by atoms with Gasteiger partial charge < -0.3 is 5.32 Å². The van der Waals surface area contributed by atoms with Gasteiger partial charge in [-0.3, -0.25) is 9.59 Å². The van der Waals surface area contributed by atoms with Gasteiger partial charge in [-0.2, -0.15) is 11.3 Å². The van der Waals surface area contributed by atoms with Crippen molar-refractivity contribution < 1.29 is 9.59 Å². The van der Waals surface area contributed by atoms with Crippen LogP contribution >= 0.6 is 22.7 Å². The van der Waals surface area contributed by atoms with Crippen molar-refractivity contribution in [3.05, 3.63) is 78.7 Å². The van der Waals surface area contributed by atoms with Crippen LogP contribution in [0.15, 0.2) is 41.1 Å². The third-order valence-corrected chi connectivity index (χ3v) is 5.76. The highest BCUT2D eigenvalue weighted by molar-refractivity contribution is 7.14. The fourth-order valence-electron chi connectivity index (χ4n) is 2.92. The number of carbonyl (C=O) groups excluding carboxylic acids is 2. The van der Waals surface area contributed by atoms with Crippen LogP contribution in [0.2, 0.25) is 0 Å². The summed E-state index contributed by atoms with van der Waals surface area (Å²) in [6.07, 6.45) is 0. The molecule has 1 aromatic carbocycles. The van der Waals surface area contributed by atoms with Gasteiger partial charge in [-0.05, 0) is 55.5 Å². The van der Waals surface area contributed by atoms with Crippen LogP contribution < -0.4 is 5.32 Å². The van der Waals surface area contributed by atoms with Crippen molar-refractivity contribution >= 4 is 34.4 Å². The minimum Gasteiger partial charge on any atom is -0.347 e. The molecule has 2 heterocycles. The minimum absolute atomic E-state index is 0.0362. The van der Waals surface area contributed by atoms with Crippen molar-refractivity contribution in [2.24, 2.45) is 0 Å². The largest absolute Gasteiger partial charge is 0.347 e. The zero-order valence-corrected chi connectivity index (χ0v) is 16.0. The molecule has 0 bridgehead atoms. The molecule has 128 valence electrons. The first-order chi connectivity index (χ1) is 12.0. The quantitative estimate of drug-likeness (QED) is 0.651. The molecule has 0 unspecified atom stereocenters. The van der Waals surface area contributed by atoms with Gasteiger partial charge in [0.15, 0.2) is 0 Å². The number of aryl methyl sites for hydroxylation is 3. The van der Waals surface area contributed by atoms with Crippen molar-refractivity contribution in [3.8, 4) is 0 Å². The van der Waals surface area contributed by atoms with Crippen LogP contribution in [0.3, 0.4) is 0 Å². The molecule has 5 heteroatoms. The summed E-state index contributed by atoms with van der Waals surface area (Å²) >= 11 is 2.94. The van der Waals surface area contributed by atoms with Gasteiger partial charge in [0, 0.05) is 21.4 Å². The third-order valence-electron chi connectivity index (χ3n) is 4.00. The number of thiophene rings is 2. The fourth-order valence-corrected chi connectivity index (χ4v) is 4.47. The first-order valence-electron chi connectivity index (χ1n) is 7.97.